The molecule has 0 aromatic heterocycles. The maximum absolute atomic E-state index is 11.0. The first kappa shape index (κ1) is 7.63. The van der Waals surface area contributed by atoms with Gasteiger partial charge in [-0.2, -0.15) is 13.2 Å². The summed E-state index contributed by atoms with van der Waals surface area (Å²) in [6.07, 6.45) is -4.55. The lowest BCUT2D eigenvalue weighted by molar-refractivity contribution is -0.199. The van der Waals surface area contributed by atoms with Crippen LogP contribution in [-0.4, -0.2) is 11.5 Å². The molecule has 50 valence electrons. The average Bonchev–Trinajstić information content (AvgIpc) is 1.21. The summed E-state index contributed by atoms with van der Waals surface area (Å²) in [6.45, 7) is 0. The lowest BCUT2D eigenvalue weighted by Gasteiger charge is -2.12. The van der Waals surface area contributed by atoms with E-state index in [0.717, 1.165) is 5.43 Å². The zero-order chi connectivity index (χ0) is 6.78. The molecule has 0 bridgehead atoms. The third-order valence-corrected chi connectivity index (χ3v) is 0.256. The van der Waals surface area contributed by atoms with Gasteiger partial charge in [0, 0.05) is 0 Å². The molecule has 0 spiro atoms. The number of nitrogens with one attached hydrogen (secondary N) is 1. The summed E-state index contributed by atoms with van der Waals surface area (Å²) in [5, 5.41) is -0.167. The fourth-order valence-corrected chi connectivity index (χ4v) is 0.146. The molecule has 0 aromatic rings. The maximum atomic E-state index is 11.0. The summed E-state index contributed by atoms with van der Waals surface area (Å²) in [4.78, 5) is 0. The number of halogens is 3. The normalized spacial score (nSPS) is 12.8. The van der Waals surface area contributed by atoms with Gasteiger partial charge in [0.05, 0.1) is 0 Å². The van der Waals surface area contributed by atoms with E-state index in [1.807, 2.05) is 0 Å². The van der Waals surface area contributed by atoms with Crippen molar-refractivity contribution in [3.05, 3.63) is 0 Å². The van der Waals surface area contributed by atoms with Crippen LogP contribution in [0.4, 0.5) is 13.2 Å². The van der Waals surface area contributed by atoms with Crippen LogP contribution in [0.5, 0.6) is 0 Å². The second-order valence-corrected chi connectivity index (χ2v) is 1.02. The summed E-state index contributed by atoms with van der Waals surface area (Å²) in [7, 11) is 0. The minimum Gasteiger partial charge on any atom is -0.241 e. The van der Waals surface area contributed by atoms with Crippen LogP contribution >= 0.6 is 0 Å². The predicted octanol–water partition coefficient (Wildman–Crippen LogP) is -0.940. The molecule has 0 fully saturated rings. The van der Waals surface area contributed by atoms with Crippen molar-refractivity contribution in [2.45, 2.75) is 6.30 Å². The molecule has 0 aliphatic heterocycles. The highest BCUT2D eigenvalue weighted by molar-refractivity contribution is 4.33. The van der Waals surface area contributed by atoms with E-state index in [-0.39, 0.29) is 5.23 Å². The molecule has 0 aromatic carbocycles. The van der Waals surface area contributed by atoms with E-state index in [0.29, 0.717) is 0 Å². The number of alkyl halides is 3. The zero-order valence-electron chi connectivity index (χ0n) is 3.74. The quantitative estimate of drug-likeness (QED) is 0.243. The van der Waals surface area contributed by atoms with Gasteiger partial charge in [-0.3, -0.25) is 0 Å². The molecule has 0 saturated heterocycles. The van der Waals surface area contributed by atoms with Gasteiger partial charge in [-0.1, -0.05) is 0 Å². The third-order valence-electron chi connectivity index (χ3n) is 0.256. The molecule has 8 heavy (non-hydrogen) atoms. The summed E-state index contributed by atoms with van der Waals surface area (Å²) in [6, 6.07) is 0. The molecule has 0 aliphatic rings. The van der Waals surface area contributed by atoms with Crippen LogP contribution in [0.3, 0.4) is 0 Å². The number of nitrogens with zero attached hydrogens (tertiary/aromatic N) is 1. The molecule has 0 rings (SSSR count). The summed E-state index contributed by atoms with van der Waals surface area (Å²) >= 11 is 0. The summed E-state index contributed by atoms with van der Waals surface area (Å²) in [5.74, 6) is 8.72. The molecule has 4 nitrogen and oxygen atoms in total. The number of nitrogens with two attached hydrogens (primary N) is 2. The second-order valence-electron chi connectivity index (χ2n) is 1.02. The molecule has 0 aliphatic carbocycles. The minimum atomic E-state index is -4.55. The topological polar surface area (TPSA) is 67.3 Å². The SMILES string of the molecule is NN(N)NC(F)(F)F. The highest BCUT2D eigenvalue weighted by atomic mass is 19.4. The maximum Gasteiger partial charge on any atom is 0.472 e. The standard InChI is InChI=1S/CH5F3N4/c2-1(3,4)7-8(5)6/h7H,5-6H2. The summed E-state index contributed by atoms with van der Waals surface area (Å²) in [5.41, 5.74) is 0.771. The van der Waals surface area contributed by atoms with Crippen molar-refractivity contribution in [1.29, 1.82) is 0 Å². The van der Waals surface area contributed by atoms with Gasteiger partial charge in [-0.15, -0.1) is 10.7 Å². The van der Waals surface area contributed by atoms with E-state index in [9.17, 15) is 13.2 Å². The summed E-state index contributed by atoms with van der Waals surface area (Å²) < 4.78 is 33.0. The van der Waals surface area contributed by atoms with Gasteiger partial charge in [0.15, 0.2) is 0 Å². The van der Waals surface area contributed by atoms with Gasteiger partial charge in [0.25, 0.3) is 0 Å². The average molecular weight is 130 g/mol. The van der Waals surface area contributed by atoms with E-state index in [1.54, 1.807) is 0 Å². The Hall–Kier alpha value is -0.370. The Bertz CT molecular complexity index is 66.2. The number of hydrogen-bond donors (Lipinski definition) is 3. The van der Waals surface area contributed by atoms with Crippen LogP contribution in [0.15, 0.2) is 0 Å². The molecule has 5 N–H and O–H groups in total. The fourth-order valence-electron chi connectivity index (χ4n) is 0.146. The first-order chi connectivity index (χ1) is 3.42. The van der Waals surface area contributed by atoms with Gasteiger partial charge < -0.3 is 0 Å². The van der Waals surface area contributed by atoms with Crippen LogP contribution in [0.1, 0.15) is 0 Å². The van der Waals surface area contributed by atoms with E-state index >= 15 is 0 Å². The van der Waals surface area contributed by atoms with Crippen molar-refractivity contribution in [2.24, 2.45) is 11.7 Å². The fraction of sp³-hybridized carbons (Fsp3) is 1.00. The first-order valence-electron chi connectivity index (χ1n) is 1.56. The van der Waals surface area contributed by atoms with E-state index in [4.69, 9.17) is 0 Å². The smallest absolute Gasteiger partial charge is 0.241 e. The monoisotopic (exact) mass is 130 g/mol. The molecular weight excluding hydrogens is 125 g/mol. The van der Waals surface area contributed by atoms with Gasteiger partial charge in [0.2, 0.25) is 0 Å². The Morgan fingerprint density at radius 3 is 1.62 bits per heavy atom. The van der Waals surface area contributed by atoms with Crippen molar-refractivity contribution in [1.82, 2.24) is 10.7 Å². The van der Waals surface area contributed by atoms with Crippen molar-refractivity contribution in [3.63, 3.8) is 0 Å². The molecule has 0 saturated carbocycles. The van der Waals surface area contributed by atoms with Crippen molar-refractivity contribution in [2.75, 3.05) is 0 Å². The van der Waals surface area contributed by atoms with Crippen LogP contribution in [0.2, 0.25) is 0 Å². The van der Waals surface area contributed by atoms with Gasteiger partial charge in [-0.05, 0) is 0 Å². The second kappa shape index (κ2) is 2.27. The lowest BCUT2D eigenvalue weighted by atomic mass is 11.2. The Labute approximate surface area is 43.1 Å². The van der Waals surface area contributed by atoms with Gasteiger partial charge >= 0.3 is 6.30 Å². The number of hydrazine groups is 3. The van der Waals surface area contributed by atoms with E-state index < -0.39 is 6.30 Å². The Kier molecular flexibility index (Phi) is 2.16. The van der Waals surface area contributed by atoms with Crippen molar-refractivity contribution >= 4 is 0 Å². The first-order valence-corrected chi connectivity index (χ1v) is 1.56. The Morgan fingerprint density at radius 1 is 1.25 bits per heavy atom. The number of rotatable bonds is 1. The van der Waals surface area contributed by atoms with Crippen LogP contribution in [0, 0.1) is 0 Å². The minimum absolute atomic E-state index is 0.167. The highest BCUT2D eigenvalue weighted by Gasteiger charge is 2.27. The van der Waals surface area contributed by atoms with Gasteiger partial charge in [0.1, 0.15) is 0 Å². The van der Waals surface area contributed by atoms with Crippen molar-refractivity contribution in [3.8, 4) is 0 Å². The van der Waals surface area contributed by atoms with Gasteiger partial charge in [-0.25, -0.2) is 11.7 Å². The predicted molar refractivity (Wildman–Crippen MR) is 19.4 cm³/mol. The molecule has 0 radical (unpaired) electrons. The van der Waals surface area contributed by atoms with E-state index in [1.165, 1.54) is 0 Å². The van der Waals surface area contributed by atoms with Crippen LogP contribution < -0.4 is 17.1 Å². The molecule has 0 heterocycles. The lowest BCUT2D eigenvalue weighted by Crippen LogP contribution is -2.55. The van der Waals surface area contributed by atoms with E-state index in [2.05, 4.69) is 11.7 Å². The number of hydrogen-bond acceptors (Lipinski definition) is 4. The van der Waals surface area contributed by atoms with Crippen LogP contribution in [0.25, 0.3) is 0 Å². The molecule has 0 atom stereocenters. The highest BCUT2D eigenvalue weighted by Crippen LogP contribution is 2.07. The van der Waals surface area contributed by atoms with Crippen molar-refractivity contribution < 1.29 is 13.2 Å². The largest absolute Gasteiger partial charge is 0.472 e. The zero-order valence-corrected chi connectivity index (χ0v) is 3.74. The molecule has 7 heteroatoms. The molecule has 0 amide bonds. The third kappa shape index (κ3) is 5.63. The molecule has 0 unspecified atom stereocenters. The Morgan fingerprint density at radius 2 is 1.62 bits per heavy atom. The van der Waals surface area contributed by atoms with Crippen LogP contribution in [-0.2, 0) is 0 Å². The Balaban J connectivity index is 3.39. The molecular formula is CH5F3N4.